The number of hydrogen-bond donors (Lipinski definition) is 1. The van der Waals surface area contributed by atoms with E-state index >= 15 is 0 Å². The summed E-state index contributed by atoms with van der Waals surface area (Å²) in [4.78, 5) is 12.3. The molecule has 0 heterocycles. The van der Waals surface area contributed by atoms with Gasteiger partial charge in [0.25, 0.3) is 5.91 Å². The lowest BCUT2D eigenvalue weighted by atomic mass is 10.2. The number of rotatable bonds is 3. The first-order valence-corrected chi connectivity index (χ1v) is 7.57. The van der Waals surface area contributed by atoms with Gasteiger partial charge in [-0.1, -0.05) is 27.5 Å². The average Bonchev–Trinajstić information content (AvgIpc) is 2.43. The van der Waals surface area contributed by atoms with Crippen LogP contribution in [0.2, 0.25) is 5.02 Å². The third-order valence-electron chi connectivity index (χ3n) is 2.58. The number of methoxy groups -OCH3 is 1. The van der Waals surface area contributed by atoms with E-state index in [1.54, 1.807) is 30.3 Å². The van der Waals surface area contributed by atoms with Crippen LogP contribution in [0.25, 0.3) is 0 Å². The van der Waals surface area contributed by atoms with Crippen molar-refractivity contribution in [3.8, 4) is 5.75 Å². The summed E-state index contributed by atoms with van der Waals surface area (Å²) in [6, 6.07) is 10.5. The molecule has 0 radical (unpaired) electrons. The van der Waals surface area contributed by atoms with Gasteiger partial charge in [0, 0.05) is 14.6 Å². The first-order chi connectivity index (χ1) is 9.51. The van der Waals surface area contributed by atoms with Gasteiger partial charge in [-0.05, 0) is 52.3 Å². The summed E-state index contributed by atoms with van der Waals surface area (Å²) in [6.07, 6.45) is 0. The second-order valence-corrected chi connectivity index (χ2v) is 6.10. The number of halogens is 3. The molecule has 2 aromatic rings. The molecule has 0 saturated carbocycles. The molecule has 0 fully saturated rings. The lowest BCUT2D eigenvalue weighted by Crippen LogP contribution is -2.13. The molecule has 6 heteroatoms. The SMILES string of the molecule is COc1ccc(Br)cc1C(=O)Nc1ccc(Br)c(Cl)c1. The molecule has 0 bridgehead atoms. The Labute approximate surface area is 138 Å². The van der Waals surface area contributed by atoms with Crippen molar-refractivity contribution >= 4 is 55.1 Å². The van der Waals surface area contributed by atoms with Gasteiger partial charge in [-0.25, -0.2) is 0 Å². The summed E-state index contributed by atoms with van der Waals surface area (Å²) in [5.41, 5.74) is 1.06. The lowest BCUT2D eigenvalue weighted by Gasteiger charge is -2.10. The van der Waals surface area contributed by atoms with Crippen LogP contribution < -0.4 is 10.1 Å². The average molecular weight is 420 g/mol. The third kappa shape index (κ3) is 3.53. The Morgan fingerprint density at radius 2 is 1.95 bits per heavy atom. The number of ether oxygens (including phenoxy) is 1. The predicted molar refractivity (Wildman–Crippen MR) is 87.8 cm³/mol. The second kappa shape index (κ2) is 6.61. The second-order valence-electron chi connectivity index (χ2n) is 3.93. The van der Waals surface area contributed by atoms with Crippen molar-refractivity contribution in [1.29, 1.82) is 0 Å². The summed E-state index contributed by atoms with van der Waals surface area (Å²) in [6.45, 7) is 0. The van der Waals surface area contributed by atoms with Gasteiger partial charge >= 0.3 is 0 Å². The monoisotopic (exact) mass is 417 g/mol. The van der Waals surface area contributed by atoms with Crippen LogP contribution in [0.3, 0.4) is 0 Å². The molecule has 0 saturated heterocycles. The Morgan fingerprint density at radius 1 is 1.20 bits per heavy atom. The van der Waals surface area contributed by atoms with Crippen LogP contribution in [0, 0.1) is 0 Å². The van der Waals surface area contributed by atoms with Crippen LogP contribution in [-0.2, 0) is 0 Å². The summed E-state index contributed by atoms with van der Waals surface area (Å²) in [5, 5.41) is 3.31. The largest absolute Gasteiger partial charge is 0.496 e. The normalized spacial score (nSPS) is 10.2. The number of benzene rings is 2. The van der Waals surface area contributed by atoms with Crippen molar-refractivity contribution in [2.45, 2.75) is 0 Å². The van der Waals surface area contributed by atoms with Crippen molar-refractivity contribution in [3.63, 3.8) is 0 Å². The van der Waals surface area contributed by atoms with Crippen molar-refractivity contribution < 1.29 is 9.53 Å². The molecule has 1 N–H and O–H groups in total. The van der Waals surface area contributed by atoms with Gasteiger partial charge in [-0.15, -0.1) is 0 Å². The molecule has 104 valence electrons. The minimum atomic E-state index is -0.262. The molecule has 0 aromatic heterocycles. The van der Waals surface area contributed by atoms with Gasteiger partial charge in [-0.2, -0.15) is 0 Å². The van der Waals surface area contributed by atoms with Crippen molar-refractivity contribution in [2.75, 3.05) is 12.4 Å². The molecule has 0 aliphatic carbocycles. The minimum Gasteiger partial charge on any atom is -0.496 e. The Balaban J connectivity index is 2.27. The molecule has 0 unspecified atom stereocenters. The highest BCUT2D eigenvalue weighted by atomic mass is 79.9. The van der Waals surface area contributed by atoms with E-state index in [2.05, 4.69) is 37.2 Å². The molecule has 2 rings (SSSR count). The van der Waals surface area contributed by atoms with Crippen molar-refractivity contribution in [1.82, 2.24) is 0 Å². The van der Waals surface area contributed by atoms with Crippen LogP contribution in [0.1, 0.15) is 10.4 Å². The molecular weight excluding hydrogens is 409 g/mol. The van der Waals surface area contributed by atoms with E-state index in [4.69, 9.17) is 16.3 Å². The fourth-order valence-corrected chi connectivity index (χ4v) is 2.42. The molecule has 0 atom stereocenters. The smallest absolute Gasteiger partial charge is 0.259 e. The molecule has 0 aliphatic rings. The summed E-state index contributed by atoms with van der Waals surface area (Å²) in [7, 11) is 1.52. The van der Waals surface area contributed by atoms with E-state index in [1.165, 1.54) is 7.11 Å². The molecule has 2 aromatic carbocycles. The Morgan fingerprint density at radius 3 is 2.60 bits per heavy atom. The van der Waals surface area contributed by atoms with Crippen molar-refractivity contribution in [3.05, 3.63) is 55.9 Å². The number of carbonyl (C=O) groups is 1. The summed E-state index contributed by atoms with van der Waals surface area (Å²) in [5.74, 6) is 0.246. The van der Waals surface area contributed by atoms with Crippen LogP contribution in [0.15, 0.2) is 45.3 Å². The van der Waals surface area contributed by atoms with Gasteiger partial charge in [0.2, 0.25) is 0 Å². The van der Waals surface area contributed by atoms with E-state index < -0.39 is 0 Å². The van der Waals surface area contributed by atoms with Gasteiger partial charge in [0.15, 0.2) is 0 Å². The van der Waals surface area contributed by atoms with Crippen LogP contribution in [0.5, 0.6) is 5.75 Å². The van der Waals surface area contributed by atoms with Gasteiger partial charge in [0.05, 0.1) is 17.7 Å². The number of nitrogens with one attached hydrogen (secondary N) is 1. The van der Waals surface area contributed by atoms with Gasteiger partial charge in [-0.3, -0.25) is 4.79 Å². The quantitative estimate of drug-likeness (QED) is 0.749. The molecule has 3 nitrogen and oxygen atoms in total. The first kappa shape index (κ1) is 15.4. The van der Waals surface area contributed by atoms with Crippen LogP contribution in [0.4, 0.5) is 5.69 Å². The zero-order chi connectivity index (χ0) is 14.7. The highest BCUT2D eigenvalue weighted by molar-refractivity contribution is 9.10. The number of carbonyl (C=O) groups excluding carboxylic acids is 1. The molecule has 1 amide bonds. The molecule has 20 heavy (non-hydrogen) atoms. The van der Waals surface area contributed by atoms with E-state index in [0.29, 0.717) is 22.0 Å². The fraction of sp³-hybridized carbons (Fsp3) is 0.0714. The Hall–Kier alpha value is -1.04. The maximum Gasteiger partial charge on any atom is 0.259 e. The van der Waals surface area contributed by atoms with E-state index in [0.717, 1.165) is 8.95 Å². The number of anilines is 1. The highest BCUT2D eigenvalue weighted by Gasteiger charge is 2.13. The van der Waals surface area contributed by atoms with E-state index in [-0.39, 0.29) is 5.91 Å². The van der Waals surface area contributed by atoms with Crippen molar-refractivity contribution in [2.24, 2.45) is 0 Å². The summed E-state index contributed by atoms with van der Waals surface area (Å²) < 4.78 is 6.77. The Bertz CT molecular complexity index is 662. The molecule has 0 aliphatic heterocycles. The molecular formula is C14H10Br2ClNO2. The fourth-order valence-electron chi connectivity index (χ4n) is 1.63. The van der Waals surface area contributed by atoms with E-state index in [1.807, 2.05) is 6.07 Å². The predicted octanol–water partition coefficient (Wildman–Crippen LogP) is 5.13. The van der Waals surface area contributed by atoms with E-state index in [9.17, 15) is 4.79 Å². The zero-order valence-corrected chi connectivity index (χ0v) is 14.3. The lowest BCUT2D eigenvalue weighted by molar-refractivity contribution is 0.102. The maximum absolute atomic E-state index is 12.3. The Kier molecular flexibility index (Phi) is 5.07. The zero-order valence-electron chi connectivity index (χ0n) is 10.4. The third-order valence-corrected chi connectivity index (χ3v) is 4.31. The highest BCUT2D eigenvalue weighted by Crippen LogP contribution is 2.27. The van der Waals surface area contributed by atoms with Crippen LogP contribution in [-0.4, -0.2) is 13.0 Å². The van der Waals surface area contributed by atoms with Crippen LogP contribution >= 0.6 is 43.5 Å². The molecule has 0 spiro atoms. The standard InChI is InChI=1S/C14H10Br2ClNO2/c1-20-13-5-2-8(15)6-10(13)14(19)18-9-3-4-11(16)12(17)7-9/h2-7H,1H3,(H,18,19). The summed E-state index contributed by atoms with van der Waals surface area (Å²) >= 11 is 12.6. The first-order valence-electron chi connectivity index (χ1n) is 5.61. The maximum atomic E-state index is 12.3. The number of amides is 1. The van der Waals surface area contributed by atoms with Gasteiger partial charge in [0.1, 0.15) is 5.75 Å². The topological polar surface area (TPSA) is 38.3 Å². The number of hydrogen-bond acceptors (Lipinski definition) is 2. The van der Waals surface area contributed by atoms with Gasteiger partial charge < -0.3 is 10.1 Å². The minimum absolute atomic E-state index is 0.262.